The Labute approximate surface area is 116 Å². The zero-order chi connectivity index (χ0) is 15.1. The molecule has 6 heteroatoms. The smallest absolute Gasteiger partial charge is 0.328 e. The minimum atomic E-state index is -1.19. The van der Waals surface area contributed by atoms with Crippen LogP contribution in [0.2, 0.25) is 0 Å². The number of carbonyl (C=O) groups excluding carboxylic acids is 1. The monoisotopic (exact) mass is 281 g/mol. The van der Waals surface area contributed by atoms with E-state index in [-0.39, 0.29) is 12.3 Å². The van der Waals surface area contributed by atoms with E-state index in [4.69, 9.17) is 9.84 Å². The fraction of sp³-hybridized carbons (Fsp3) is 0.286. The van der Waals surface area contributed by atoms with Gasteiger partial charge in [-0.3, -0.25) is 4.79 Å². The third-order valence-corrected chi connectivity index (χ3v) is 2.65. The van der Waals surface area contributed by atoms with Crippen LogP contribution in [0, 0.1) is 5.82 Å². The van der Waals surface area contributed by atoms with E-state index in [1.807, 2.05) is 0 Å². The van der Waals surface area contributed by atoms with Crippen molar-refractivity contribution in [2.75, 3.05) is 13.7 Å². The predicted molar refractivity (Wildman–Crippen MR) is 70.8 cm³/mol. The number of hydrogen-bond acceptors (Lipinski definition) is 3. The van der Waals surface area contributed by atoms with E-state index in [0.717, 1.165) is 12.2 Å². The van der Waals surface area contributed by atoms with Crippen molar-refractivity contribution in [3.05, 3.63) is 41.7 Å². The molecule has 0 aliphatic carbocycles. The van der Waals surface area contributed by atoms with Crippen molar-refractivity contribution < 1.29 is 23.8 Å². The molecule has 0 bridgehead atoms. The fourth-order valence-electron chi connectivity index (χ4n) is 1.62. The maximum atomic E-state index is 13.5. The minimum Gasteiger partial charge on any atom is -0.494 e. The van der Waals surface area contributed by atoms with E-state index in [0.29, 0.717) is 12.1 Å². The number of halogens is 1. The number of ether oxygens (including phenoxy) is 1. The number of rotatable bonds is 6. The van der Waals surface area contributed by atoms with Crippen molar-refractivity contribution in [2.45, 2.75) is 13.5 Å². The first-order valence-electron chi connectivity index (χ1n) is 6.00. The summed E-state index contributed by atoms with van der Waals surface area (Å²) in [4.78, 5) is 23.5. The number of benzene rings is 1. The summed E-state index contributed by atoms with van der Waals surface area (Å²) in [5.41, 5.74) is 0.599. The molecule has 108 valence electrons. The molecule has 0 atom stereocenters. The Balaban J connectivity index is 2.80. The van der Waals surface area contributed by atoms with Crippen LogP contribution in [-0.4, -0.2) is 35.5 Å². The van der Waals surface area contributed by atoms with E-state index in [1.54, 1.807) is 13.0 Å². The van der Waals surface area contributed by atoms with Crippen LogP contribution >= 0.6 is 0 Å². The van der Waals surface area contributed by atoms with Crippen molar-refractivity contribution in [3.8, 4) is 5.75 Å². The maximum Gasteiger partial charge on any atom is 0.328 e. The molecule has 1 N–H and O–H groups in total. The summed E-state index contributed by atoms with van der Waals surface area (Å²) < 4.78 is 18.4. The summed E-state index contributed by atoms with van der Waals surface area (Å²) >= 11 is 0. The fourth-order valence-corrected chi connectivity index (χ4v) is 1.62. The molecule has 0 aromatic heterocycles. The van der Waals surface area contributed by atoms with Crippen LogP contribution in [0.3, 0.4) is 0 Å². The molecule has 0 saturated heterocycles. The van der Waals surface area contributed by atoms with Gasteiger partial charge in [0.2, 0.25) is 5.91 Å². The summed E-state index contributed by atoms with van der Waals surface area (Å²) in [7, 11) is 1.37. The van der Waals surface area contributed by atoms with Gasteiger partial charge in [0.25, 0.3) is 0 Å². The summed E-state index contributed by atoms with van der Waals surface area (Å²) in [5, 5.41) is 8.48. The number of hydrogen-bond donors (Lipinski definition) is 1. The van der Waals surface area contributed by atoms with Gasteiger partial charge in [0.15, 0.2) is 11.6 Å². The highest BCUT2D eigenvalue weighted by atomic mass is 19.1. The highest BCUT2D eigenvalue weighted by Crippen LogP contribution is 2.18. The van der Waals surface area contributed by atoms with Gasteiger partial charge in [0.05, 0.1) is 7.11 Å². The Hall–Kier alpha value is -2.37. The molecule has 0 spiro atoms. The van der Waals surface area contributed by atoms with Crippen LogP contribution in [0.25, 0.3) is 0 Å². The first kappa shape index (κ1) is 15.7. The second-order valence-electron chi connectivity index (χ2n) is 3.99. The van der Waals surface area contributed by atoms with E-state index in [1.165, 1.54) is 24.1 Å². The third-order valence-electron chi connectivity index (χ3n) is 2.65. The Bertz CT molecular complexity index is 528. The van der Waals surface area contributed by atoms with Crippen molar-refractivity contribution in [2.24, 2.45) is 0 Å². The number of amides is 1. The minimum absolute atomic E-state index is 0.133. The van der Waals surface area contributed by atoms with Crippen LogP contribution in [0.5, 0.6) is 5.75 Å². The van der Waals surface area contributed by atoms with Crippen molar-refractivity contribution in [1.29, 1.82) is 0 Å². The molecule has 0 unspecified atom stereocenters. The Morgan fingerprint density at radius 3 is 2.60 bits per heavy atom. The van der Waals surface area contributed by atoms with E-state index in [2.05, 4.69) is 0 Å². The zero-order valence-electron chi connectivity index (χ0n) is 11.3. The topological polar surface area (TPSA) is 66.8 Å². The van der Waals surface area contributed by atoms with Crippen molar-refractivity contribution in [1.82, 2.24) is 4.90 Å². The van der Waals surface area contributed by atoms with E-state index < -0.39 is 17.7 Å². The normalized spacial score (nSPS) is 10.6. The largest absolute Gasteiger partial charge is 0.494 e. The number of carboxylic acids is 1. The molecule has 0 heterocycles. The van der Waals surface area contributed by atoms with Crippen molar-refractivity contribution >= 4 is 11.9 Å². The number of methoxy groups -OCH3 is 1. The van der Waals surface area contributed by atoms with E-state index in [9.17, 15) is 14.0 Å². The summed E-state index contributed by atoms with van der Waals surface area (Å²) in [6.07, 6.45) is 1.76. The molecule has 5 nitrogen and oxygen atoms in total. The Morgan fingerprint density at radius 2 is 2.10 bits per heavy atom. The predicted octanol–water partition coefficient (Wildman–Crippen LogP) is 1.82. The molecule has 0 aliphatic heterocycles. The van der Waals surface area contributed by atoms with Gasteiger partial charge in [-0.25, -0.2) is 9.18 Å². The summed E-state index contributed by atoms with van der Waals surface area (Å²) in [5.74, 6) is -2.00. The molecule has 1 aromatic rings. The maximum absolute atomic E-state index is 13.5. The number of likely N-dealkylation sites (N-methyl/N-ethyl adjacent to an activating group) is 1. The number of nitrogens with zero attached hydrogens (tertiary/aromatic N) is 1. The van der Waals surface area contributed by atoms with Gasteiger partial charge in [-0.1, -0.05) is 6.07 Å². The average Bonchev–Trinajstić information content (AvgIpc) is 2.42. The quantitative estimate of drug-likeness (QED) is 0.808. The molecular formula is C14H16FNO4. The van der Waals surface area contributed by atoms with Crippen LogP contribution in [0.15, 0.2) is 30.4 Å². The summed E-state index contributed by atoms with van der Waals surface area (Å²) in [6.45, 7) is 2.34. The second-order valence-corrected chi connectivity index (χ2v) is 3.99. The molecule has 0 aliphatic rings. The van der Waals surface area contributed by atoms with E-state index >= 15 is 0 Å². The van der Waals surface area contributed by atoms with Crippen molar-refractivity contribution in [3.63, 3.8) is 0 Å². The SMILES string of the molecule is CCN(Cc1ccc(OC)c(F)c1)C(=O)/C=C/C(=O)O. The first-order valence-corrected chi connectivity index (χ1v) is 6.00. The molecule has 0 fully saturated rings. The van der Waals surface area contributed by atoms with Crippen LogP contribution in [0.4, 0.5) is 4.39 Å². The molecule has 20 heavy (non-hydrogen) atoms. The first-order chi connectivity index (χ1) is 9.47. The highest BCUT2D eigenvalue weighted by molar-refractivity contribution is 5.93. The molecule has 1 amide bonds. The van der Waals surface area contributed by atoms with Gasteiger partial charge in [0.1, 0.15) is 0 Å². The average molecular weight is 281 g/mol. The zero-order valence-corrected chi connectivity index (χ0v) is 11.3. The molecule has 0 radical (unpaired) electrons. The van der Waals surface area contributed by atoms with Crippen LogP contribution in [0.1, 0.15) is 12.5 Å². The molecular weight excluding hydrogens is 265 g/mol. The molecule has 1 rings (SSSR count). The van der Waals surface area contributed by atoms with Gasteiger partial charge < -0.3 is 14.7 Å². The number of carboxylic acid groups (broad SMARTS) is 1. The second kappa shape index (κ2) is 7.28. The standard InChI is InChI=1S/C14H16FNO4/c1-3-16(13(17)6-7-14(18)19)9-10-4-5-12(20-2)11(15)8-10/h4-8H,3,9H2,1-2H3,(H,18,19)/b7-6+. The lowest BCUT2D eigenvalue weighted by atomic mass is 10.2. The Morgan fingerprint density at radius 1 is 1.40 bits per heavy atom. The lowest BCUT2D eigenvalue weighted by Crippen LogP contribution is -2.28. The van der Waals surface area contributed by atoms with Crippen LogP contribution in [-0.2, 0) is 16.1 Å². The molecule has 0 saturated carbocycles. The summed E-state index contributed by atoms with van der Waals surface area (Å²) in [6, 6.07) is 4.42. The lowest BCUT2D eigenvalue weighted by molar-refractivity contribution is -0.132. The van der Waals surface area contributed by atoms with Crippen LogP contribution < -0.4 is 4.74 Å². The highest BCUT2D eigenvalue weighted by Gasteiger charge is 2.11. The van der Waals surface area contributed by atoms with Gasteiger partial charge in [0, 0.05) is 25.2 Å². The Kier molecular flexibility index (Phi) is 5.71. The van der Waals surface area contributed by atoms with Gasteiger partial charge in [-0.05, 0) is 24.6 Å². The lowest BCUT2D eigenvalue weighted by Gasteiger charge is -2.19. The van der Waals surface area contributed by atoms with Gasteiger partial charge in [-0.2, -0.15) is 0 Å². The number of carbonyl (C=O) groups is 2. The van der Waals surface area contributed by atoms with Gasteiger partial charge >= 0.3 is 5.97 Å². The number of aliphatic carboxylic acids is 1. The third kappa shape index (κ3) is 4.38. The molecule has 1 aromatic carbocycles. The van der Waals surface area contributed by atoms with Gasteiger partial charge in [-0.15, -0.1) is 0 Å².